The topological polar surface area (TPSA) is 87.2 Å². The Labute approximate surface area is 153 Å². The third kappa shape index (κ3) is 7.40. The highest BCUT2D eigenvalue weighted by molar-refractivity contribution is 5.83. The Morgan fingerprint density at radius 2 is 1.50 bits per heavy atom. The zero-order valence-corrected chi connectivity index (χ0v) is 15.0. The van der Waals surface area contributed by atoms with Crippen LogP contribution in [0, 0.1) is 0 Å². The lowest BCUT2D eigenvalue weighted by Gasteiger charge is -2.21. The third-order valence-electron chi connectivity index (χ3n) is 3.83. The standard InChI is InChI=1S/C19H25N5O2/c1-20-18(25)8-9-19(26)23-12-13-24(14-16-6-2-4-10-21-16)15-17-7-3-5-11-22-17/h2-7,10-11H,8-9,12-15H2,1H3,(H,20,25)(H,23,26). The van der Waals surface area contributed by atoms with Gasteiger partial charge in [0.1, 0.15) is 0 Å². The second-order valence-corrected chi connectivity index (χ2v) is 5.88. The van der Waals surface area contributed by atoms with E-state index in [4.69, 9.17) is 0 Å². The zero-order chi connectivity index (χ0) is 18.6. The van der Waals surface area contributed by atoms with Gasteiger partial charge in [0.2, 0.25) is 11.8 Å². The van der Waals surface area contributed by atoms with Gasteiger partial charge in [-0.2, -0.15) is 0 Å². The van der Waals surface area contributed by atoms with Crippen LogP contribution in [0.25, 0.3) is 0 Å². The van der Waals surface area contributed by atoms with Crippen molar-refractivity contribution in [2.45, 2.75) is 25.9 Å². The lowest BCUT2D eigenvalue weighted by molar-refractivity contribution is -0.126. The molecule has 0 bridgehead atoms. The van der Waals surface area contributed by atoms with Crippen LogP contribution in [0.1, 0.15) is 24.2 Å². The number of nitrogens with zero attached hydrogens (tertiary/aromatic N) is 3. The van der Waals surface area contributed by atoms with Crippen molar-refractivity contribution in [2.75, 3.05) is 20.1 Å². The molecule has 2 aromatic rings. The van der Waals surface area contributed by atoms with Gasteiger partial charge in [-0.15, -0.1) is 0 Å². The molecule has 0 spiro atoms. The third-order valence-corrected chi connectivity index (χ3v) is 3.83. The lowest BCUT2D eigenvalue weighted by atomic mass is 10.2. The SMILES string of the molecule is CNC(=O)CCC(=O)NCCN(Cc1ccccn1)Cc1ccccn1. The van der Waals surface area contributed by atoms with Crippen molar-refractivity contribution in [1.82, 2.24) is 25.5 Å². The van der Waals surface area contributed by atoms with Crippen LogP contribution in [0.5, 0.6) is 0 Å². The normalized spacial score (nSPS) is 10.5. The number of hydrogen-bond acceptors (Lipinski definition) is 5. The minimum absolute atomic E-state index is 0.121. The Morgan fingerprint density at radius 3 is 2.00 bits per heavy atom. The van der Waals surface area contributed by atoms with Crippen LogP contribution in [-0.2, 0) is 22.7 Å². The van der Waals surface area contributed by atoms with E-state index >= 15 is 0 Å². The summed E-state index contributed by atoms with van der Waals surface area (Å²) in [4.78, 5) is 33.9. The Hall–Kier alpha value is -2.80. The number of carbonyl (C=O) groups is 2. The van der Waals surface area contributed by atoms with Gasteiger partial charge in [0.05, 0.1) is 11.4 Å². The molecule has 0 saturated carbocycles. The second-order valence-electron chi connectivity index (χ2n) is 5.88. The van der Waals surface area contributed by atoms with Gasteiger partial charge >= 0.3 is 0 Å². The quantitative estimate of drug-likeness (QED) is 0.667. The first-order valence-electron chi connectivity index (χ1n) is 8.67. The van der Waals surface area contributed by atoms with Crippen LogP contribution in [0.4, 0.5) is 0 Å². The van der Waals surface area contributed by atoms with Crippen molar-refractivity contribution >= 4 is 11.8 Å². The summed E-state index contributed by atoms with van der Waals surface area (Å²) >= 11 is 0. The van der Waals surface area contributed by atoms with Crippen LogP contribution in [0.15, 0.2) is 48.8 Å². The number of hydrogen-bond donors (Lipinski definition) is 2. The fourth-order valence-electron chi connectivity index (χ4n) is 2.45. The highest BCUT2D eigenvalue weighted by atomic mass is 16.2. The van der Waals surface area contributed by atoms with Crippen LogP contribution in [-0.4, -0.2) is 46.8 Å². The maximum Gasteiger partial charge on any atom is 0.220 e. The summed E-state index contributed by atoms with van der Waals surface area (Å²) in [6.07, 6.45) is 3.94. The van der Waals surface area contributed by atoms with E-state index in [2.05, 4.69) is 25.5 Å². The molecule has 138 valence electrons. The molecule has 26 heavy (non-hydrogen) atoms. The zero-order valence-electron chi connectivity index (χ0n) is 15.0. The minimum Gasteiger partial charge on any atom is -0.359 e. The smallest absolute Gasteiger partial charge is 0.220 e. The van der Waals surface area contributed by atoms with Crippen molar-refractivity contribution in [3.63, 3.8) is 0 Å². The van der Waals surface area contributed by atoms with Crippen molar-refractivity contribution in [3.05, 3.63) is 60.2 Å². The molecule has 0 aromatic carbocycles. The number of nitrogens with one attached hydrogen (secondary N) is 2. The minimum atomic E-state index is -0.132. The van der Waals surface area contributed by atoms with Gasteiger partial charge in [-0.05, 0) is 24.3 Å². The molecule has 7 heteroatoms. The summed E-state index contributed by atoms with van der Waals surface area (Å²) in [6, 6.07) is 11.7. The Morgan fingerprint density at radius 1 is 0.923 bits per heavy atom. The van der Waals surface area contributed by atoms with Crippen molar-refractivity contribution < 1.29 is 9.59 Å². The van der Waals surface area contributed by atoms with Gasteiger partial charge in [0, 0.05) is 58.5 Å². The molecule has 0 aliphatic heterocycles. The first-order chi connectivity index (χ1) is 12.7. The van der Waals surface area contributed by atoms with Gasteiger partial charge < -0.3 is 10.6 Å². The second kappa shape index (κ2) is 10.9. The molecule has 2 N–H and O–H groups in total. The summed E-state index contributed by atoms with van der Waals surface area (Å²) in [6.45, 7) is 2.52. The highest BCUT2D eigenvalue weighted by Crippen LogP contribution is 2.06. The van der Waals surface area contributed by atoms with E-state index in [1.54, 1.807) is 19.4 Å². The molecule has 0 aliphatic carbocycles. The van der Waals surface area contributed by atoms with E-state index in [1.165, 1.54) is 0 Å². The number of pyridine rings is 2. The van der Waals surface area contributed by atoms with Gasteiger partial charge in [0.25, 0.3) is 0 Å². The van der Waals surface area contributed by atoms with E-state index in [0.29, 0.717) is 26.2 Å². The van der Waals surface area contributed by atoms with E-state index < -0.39 is 0 Å². The summed E-state index contributed by atoms with van der Waals surface area (Å²) in [5.74, 6) is -0.253. The summed E-state index contributed by atoms with van der Waals surface area (Å²) in [5.41, 5.74) is 1.93. The Kier molecular flexibility index (Phi) is 8.21. The molecular formula is C19H25N5O2. The molecule has 7 nitrogen and oxygen atoms in total. The van der Waals surface area contributed by atoms with Crippen molar-refractivity contribution in [2.24, 2.45) is 0 Å². The van der Waals surface area contributed by atoms with E-state index in [9.17, 15) is 9.59 Å². The highest BCUT2D eigenvalue weighted by Gasteiger charge is 2.10. The van der Waals surface area contributed by atoms with E-state index in [-0.39, 0.29) is 24.7 Å². The van der Waals surface area contributed by atoms with Crippen molar-refractivity contribution in [3.8, 4) is 0 Å². The first-order valence-corrected chi connectivity index (χ1v) is 8.67. The fraction of sp³-hybridized carbons (Fsp3) is 0.368. The summed E-state index contributed by atoms with van der Waals surface area (Å²) < 4.78 is 0. The van der Waals surface area contributed by atoms with Crippen molar-refractivity contribution in [1.29, 1.82) is 0 Å². The van der Waals surface area contributed by atoms with E-state index in [1.807, 2.05) is 36.4 Å². The lowest BCUT2D eigenvalue weighted by Crippen LogP contribution is -2.35. The van der Waals surface area contributed by atoms with Gasteiger partial charge in [-0.3, -0.25) is 24.5 Å². The molecule has 2 rings (SSSR count). The Bertz CT molecular complexity index is 637. The van der Waals surface area contributed by atoms with Gasteiger partial charge in [0.15, 0.2) is 0 Å². The maximum atomic E-state index is 11.8. The number of rotatable bonds is 10. The fourth-order valence-corrected chi connectivity index (χ4v) is 2.45. The summed E-state index contributed by atoms with van der Waals surface area (Å²) in [7, 11) is 1.56. The molecule has 0 unspecified atom stereocenters. The monoisotopic (exact) mass is 355 g/mol. The van der Waals surface area contributed by atoms with Crippen LogP contribution in [0.3, 0.4) is 0 Å². The first kappa shape index (κ1) is 19.5. The number of aromatic nitrogens is 2. The molecule has 0 atom stereocenters. The predicted molar refractivity (Wildman–Crippen MR) is 98.9 cm³/mol. The molecule has 0 saturated heterocycles. The molecular weight excluding hydrogens is 330 g/mol. The number of amides is 2. The molecule has 0 aliphatic rings. The average molecular weight is 355 g/mol. The van der Waals surface area contributed by atoms with E-state index in [0.717, 1.165) is 11.4 Å². The van der Waals surface area contributed by atoms with Gasteiger partial charge in [-0.25, -0.2) is 0 Å². The molecule has 0 radical (unpaired) electrons. The molecule has 2 amide bonds. The maximum absolute atomic E-state index is 11.8. The van der Waals surface area contributed by atoms with Gasteiger partial charge in [-0.1, -0.05) is 12.1 Å². The Balaban J connectivity index is 1.85. The van der Waals surface area contributed by atoms with Crippen LogP contribution < -0.4 is 10.6 Å². The predicted octanol–water partition coefficient (Wildman–Crippen LogP) is 1.12. The van der Waals surface area contributed by atoms with Crippen LogP contribution in [0.2, 0.25) is 0 Å². The summed E-state index contributed by atoms with van der Waals surface area (Å²) in [5, 5.41) is 5.37. The van der Waals surface area contributed by atoms with Crippen LogP contribution >= 0.6 is 0 Å². The molecule has 2 heterocycles. The molecule has 2 aromatic heterocycles. The largest absolute Gasteiger partial charge is 0.359 e. The molecule has 0 fully saturated rings. The number of carbonyl (C=O) groups excluding carboxylic acids is 2. The average Bonchev–Trinajstić information content (AvgIpc) is 2.67.